The summed E-state index contributed by atoms with van der Waals surface area (Å²) in [5, 5.41) is 10.6. The second kappa shape index (κ2) is 56.1. The average Bonchev–Trinajstić information content (AvgIpc) is 3.46. The van der Waals surface area contributed by atoms with Crippen molar-refractivity contribution in [1.82, 2.24) is 0 Å². The fraction of sp³-hybridized carbons (Fsp3) is 0.939. The molecule has 0 saturated heterocycles. The first-order valence-electron chi connectivity index (χ1n) is 34.2. The number of hydrogen-bond donors (Lipinski definition) is 3. The van der Waals surface area contributed by atoms with Gasteiger partial charge in [-0.2, -0.15) is 0 Å². The van der Waals surface area contributed by atoms with E-state index < -0.39 is 97.5 Å². The summed E-state index contributed by atoms with van der Waals surface area (Å²) >= 11 is 0. The van der Waals surface area contributed by atoms with E-state index in [4.69, 9.17) is 37.0 Å². The van der Waals surface area contributed by atoms with Crippen LogP contribution in [0.2, 0.25) is 0 Å². The number of carbonyl (C=O) groups is 4. The Bertz CT molecular complexity index is 1700. The van der Waals surface area contributed by atoms with Gasteiger partial charge in [-0.3, -0.25) is 37.3 Å². The zero-order valence-corrected chi connectivity index (χ0v) is 57.0. The maximum absolute atomic E-state index is 13.0. The predicted octanol–water partition coefficient (Wildman–Crippen LogP) is 18.1. The maximum Gasteiger partial charge on any atom is 0.472 e. The van der Waals surface area contributed by atoms with Gasteiger partial charge in [-0.05, 0) is 49.4 Å². The second-order valence-corrected chi connectivity index (χ2v) is 28.4. The molecule has 0 aromatic carbocycles. The fourth-order valence-electron chi connectivity index (χ4n) is 9.75. The van der Waals surface area contributed by atoms with E-state index in [0.717, 1.165) is 114 Å². The van der Waals surface area contributed by atoms with Crippen molar-refractivity contribution in [2.75, 3.05) is 39.6 Å². The van der Waals surface area contributed by atoms with Crippen LogP contribution in [0.4, 0.5) is 0 Å². The molecule has 6 atom stereocenters. The summed E-state index contributed by atoms with van der Waals surface area (Å²) in [6, 6.07) is 0. The molecule has 0 saturated carbocycles. The number of carbonyl (C=O) groups excluding carboxylic acids is 4. The van der Waals surface area contributed by atoms with Gasteiger partial charge in [0.15, 0.2) is 12.2 Å². The number of ether oxygens (including phenoxy) is 4. The molecule has 0 heterocycles. The summed E-state index contributed by atoms with van der Waals surface area (Å²) in [4.78, 5) is 72.3. The lowest BCUT2D eigenvalue weighted by molar-refractivity contribution is -0.161. The highest BCUT2D eigenvalue weighted by atomic mass is 31.2. The van der Waals surface area contributed by atoms with Crippen LogP contribution in [0.5, 0.6) is 0 Å². The van der Waals surface area contributed by atoms with E-state index >= 15 is 0 Å². The van der Waals surface area contributed by atoms with Crippen molar-refractivity contribution in [3.63, 3.8) is 0 Å². The Morgan fingerprint density at radius 3 is 0.835 bits per heavy atom. The van der Waals surface area contributed by atoms with Crippen molar-refractivity contribution in [2.24, 2.45) is 23.7 Å². The normalized spacial score (nSPS) is 14.7. The number of aliphatic hydroxyl groups is 1. The van der Waals surface area contributed by atoms with Gasteiger partial charge in [-0.25, -0.2) is 9.13 Å². The van der Waals surface area contributed by atoms with E-state index in [-0.39, 0.29) is 25.7 Å². The van der Waals surface area contributed by atoms with E-state index in [2.05, 4.69) is 55.4 Å². The molecule has 0 bridgehead atoms. The summed E-state index contributed by atoms with van der Waals surface area (Å²) in [5.74, 6) is 0.789. The Kier molecular flexibility index (Phi) is 54.8. The molecule has 0 amide bonds. The van der Waals surface area contributed by atoms with Crippen LogP contribution in [0.1, 0.15) is 319 Å². The molecule has 19 heteroatoms. The molecule has 0 aromatic rings. The standard InChI is InChI=1S/C66H128O17P2/c1-9-59(8)45-37-29-20-15-17-23-33-41-49-66(71)83-61(52-76-63(68)46-38-30-21-16-14-19-27-35-43-57(4)5)54-80-84(72,73)78-50-60(67)51-79-85(74,75)81-55-62(53-77-64(69)47-39-31-25-24-28-36-44-58(6)7)82-65(70)48-40-32-22-13-11-10-12-18-26-34-42-56(2)3/h56-62,67H,9-55H2,1-8H3,(H,72,73)(H,74,75)/t59?,60-,61-,62-/m1/s1. The molecule has 0 rings (SSSR count). The van der Waals surface area contributed by atoms with Gasteiger partial charge in [0.1, 0.15) is 19.3 Å². The van der Waals surface area contributed by atoms with E-state index in [1.807, 2.05) is 0 Å². The lowest BCUT2D eigenvalue weighted by atomic mass is 9.99. The summed E-state index contributed by atoms with van der Waals surface area (Å²) in [6.45, 7) is 14.0. The average molecular weight is 1260 g/mol. The maximum atomic E-state index is 13.0. The highest BCUT2D eigenvalue weighted by Gasteiger charge is 2.30. The number of aliphatic hydroxyl groups excluding tert-OH is 1. The van der Waals surface area contributed by atoms with Crippen molar-refractivity contribution in [3.05, 3.63) is 0 Å². The zero-order valence-electron chi connectivity index (χ0n) is 55.2. The van der Waals surface area contributed by atoms with Gasteiger partial charge in [0, 0.05) is 25.7 Å². The second-order valence-electron chi connectivity index (χ2n) is 25.5. The Hall–Kier alpha value is -1.94. The van der Waals surface area contributed by atoms with Crippen molar-refractivity contribution < 1.29 is 80.2 Å². The minimum Gasteiger partial charge on any atom is -0.462 e. The van der Waals surface area contributed by atoms with Gasteiger partial charge in [0.05, 0.1) is 26.4 Å². The van der Waals surface area contributed by atoms with E-state index in [1.165, 1.54) is 116 Å². The Balaban J connectivity index is 5.26. The van der Waals surface area contributed by atoms with Crippen LogP contribution in [-0.2, 0) is 65.4 Å². The molecule has 3 N–H and O–H groups in total. The van der Waals surface area contributed by atoms with Crippen molar-refractivity contribution in [2.45, 2.75) is 337 Å². The third-order valence-corrected chi connectivity index (χ3v) is 17.3. The molecule has 0 aliphatic heterocycles. The first-order valence-corrected chi connectivity index (χ1v) is 37.2. The van der Waals surface area contributed by atoms with Gasteiger partial charge in [-0.15, -0.1) is 0 Å². The first kappa shape index (κ1) is 83.1. The SMILES string of the molecule is CCC(C)CCCCCCCCCCC(=O)O[C@H](COC(=O)CCCCCCCCCCC(C)C)COP(=O)(O)OC[C@@H](O)COP(=O)(O)OC[C@@H](COC(=O)CCCCCCCCC(C)C)OC(=O)CCCCCCCCCCCCC(C)C. The third kappa shape index (κ3) is 59.5. The first-order chi connectivity index (χ1) is 40.6. The lowest BCUT2D eigenvalue weighted by Gasteiger charge is -2.21. The largest absolute Gasteiger partial charge is 0.472 e. The van der Waals surface area contributed by atoms with Gasteiger partial charge in [0.2, 0.25) is 0 Å². The summed E-state index contributed by atoms with van der Waals surface area (Å²) in [6.07, 6.45) is 36.3. The van der Waals surface area contributed by atoms with Crippen LogP contribution in [0.3, 0.4) is 0 Å². The molecule has 0 aliphatic carbocycles. The van der Waals surface area contributed by atoms with E-state index in [1.54, 1.807) is 0 Å². The molecular weight excluding hydrogens is 1130 g/mol. The molecule has 17 nitrogen and oxygen atoms in total. The van der Waals surface area contributed by atoms with Gasteiger partial charge < -0.3 is 33.8 Å². The topological polar surface area (TPSA) is 237 Å². The highest BCUT2D eigenvalue weighted by molar-refractivity contribution is 7.47. The number of phosphoric acid groups is 2. The van der Waals surface area contributed by atoms with Crippen LogP contribution in [-0.4, -0.2) is 96.7 Å². The van der Waals surface area contributed by atoms with Crippen LogP contribution in [0.15, 0.2) is 0 Å². The number of phosphoric ester groups is 2. The van der Waals surface area contributed by atoms with Crippen molar-refractivity contribution in [1.29, 1.82) is 0 Å². The van der Waals surface area contributed by atoms with Gasteiger partial charge in [0.25, 0.3) is 0 Å². The van der Waals surface area contributed by atoms with Gasteiger partial charge >= 0.3 is 39.5 Å². The number of hydrogen-bond acceptors (Lipinski definition) is 15. The van der Waals surface area contributed by atoms with Crippen molar-refractivity contribution in [3.8, 4) is 0 Å². The predicted molar refractivity (Wildman–Crippen MR) is 340 cm³/mol. The molecule has 85 heavy (non-hydrogen) atoms. The minimum absolute atomic E-state index is 0.104. The van der Waals surface area contributed by atoms with Crippen LogP contribution in [0.25, 0.3) is 0 Å². The Morgan fingerprint density at radius 2 is 0.565 bits per heavy atom. The van der Waals surface area contributed by atoms with Gasteiger partial charge in [-0.1, -0.05) is 267 Å². The lowest BCUT2D eigenvalue weighted by Crippen LogP contribution is -2.30. The van der Waals surface area contributed by atoms with Crippen molar-refractivity contribution >= 4 is 39.5 Å². The highest BCUT2D eigenvalue weighted by Crippen LogP contribution is 2.45. The van der Waals surface area contributed by atoms with E-state index in [0.29, 0.717) is 31.6 Å². The number of esters is 4. The van der Waals surface area contributed by atoms with Crippen LogP contribution in [0, 0.1) is 23.7 Å². The summed E-state index contributed by atoms with van der Waals surface area (Å²) < 4.78 is 68.1. The van der Waals surface area contributed by atoms with Crippen LogP contribution < -0.4 is 0 Å². The molecule has 0 radical (unpaired) electrons. The molecule has 0 fully saturated rings. The minimum atomic E-state index is -4.95. The van der Waals surface area contributed by atoms with Crippen LogP contribution >= 0.6 is 15.6 Å². The van der Waals surface area contributed by atoms with E-state index in [9.17, 15) is 43.2 Å². The third-order valence-electron chi connectivity index (χ3n) is 15.4. The Morgan fingerprint density at radius 1 is 0.329 bits per heavy atom. The molecule has 0 aliphatic rings. The number of unbranched alkanes of at least 4 members (excludes halogenated alkanes) is 28. The summed E-state index contributed by atoms with van der Waals surface area (Å²) in [7, 11) is -9.89. The molecule has 0 aromatic heterocycles. The Labute approximate surface area is 517 Å². The quantitative estimate of drug-likeness (QED) is 0.0222. The molecule has 504 valence electrons. The molecule has 0 spiro atoms. The molecular formula is C66H128O17P2. The molecule has 3 unspecified atom stereocenters. The zero-order chi connectivity index (χ0) is 63.2. The fourth-order valence-corrected chi connectivity index (χ4v) is 11.3. The monoisotopic (exact) mass is 1250 g/mol. The summed E-state index contributed by atoms with van der Waals surface area (Å²) in [5.41, 5.74) is 0. The number of rotatable bonds is 63. The smallest absolute Gasteiger partial charge is 0.462 e.